The molecular formula is C20H25N5O4. The van der Waals surface area contributed by atoms with Gasteiger partial charge in [0.2, 0.25) is 11.9 Å². The first-order valence-electron chi connectivity index (χ1n) is 9.69. The van der Waals surface area contributed by atoms with Gasteiger partial charge in [-0.2, -0.15) is 0 Å². The molecule has 9 heteroatoms. The number of anilines is 1. The van der Waals surface area contributed by atoms with Crippen LogP contribution in [0.25, 0.3) is 0 Å². The average Bonchev–Trinajstić information content (AvgIpc) is 3.16. The second-order valence-electron chi connectivity index (χ2n) is 6.80. The minimum absolute atomic E-state index is 0.0191. The number of hydrogen-bond donors (Lipinski definition) is 4. The number of benzene rings is 1. The number of hydrogen-bond acceptors (Lipinski definition) is 7. The number of nitrogens with zero attached hydrogens (tertiary/aromatic N) is 2. The Balaban J connectivity index is 1.38. The molecule has 0 bridgehead atoms. The van der Waals surface area contributed by atoms with Crippen LogP contribution in [0.2, 0.25) is 0 Å². The Kier molecular flexibility index (Phi) is 7.34. The quantitative estimate of drug-likeness (QED) is 0.274. The largest absolute Gasteiger partial charge is 0.491 e. The van der Waals surface area contributed by atoms with Gasteiger partial charge in [0.25, 0.3) is 5.91 Å². The van der Waals surface area contributed by atoms with Gasteiger partial charge in [-0.15, -0.1) is 0 Å². The number of carbonyl (C=O) groups excluding carboxylic acids is 2. The Morgan fingerprint density at radius 3 is 2.66 bits per heavy atom. The highest BCUT2D eigenvalue weighted by molar-refractivity contribution is 5.93. The van der Waals surface area contributed by atoms with Gasteiger partial charge in [0.1, 0.15) is 12.4 Å². The Morgan fingerprint density at radius 2 is 1.86 bits per heavy atom. The van der Waals surface area contributed by atoms with E-state index >= 15 is 0 Å². The van der Waals surface area contributed by atoms with Crippen LogP contribution in [0.1, 0.15) is 54.1 Å². The summed E-state index contributed by atoms with van der Waals surface area (Å²) in [7, 11) is 0. The van der Waals surface area contributed by atoms with Crippen molar-refractivity contribution in [1.82, 2.24) is 20.8 Å². The first-order chi connectivity index (χ1) is 14.2. The van der Waals surface area contributed by atoms with Gasteiger partial charge in [-0.25, -0.2) is 15.4 Å². The van der Waals surface area contributed by atoms with Crippen molar-refractivity contribution in [3.8, 4) is 5.75 Å². The highest BCUT2D eigenvalue weighted by Gasteiger charge is 2.24. The number of hydroxylamine groups is 1. The number of amides is 2. The van der Waals surface area contributed by atoms with E-state index in [4.69, 9.17) is 9.94 Å². The number of nitrogens with one attached hydrogen (secondary N) is 3. The van der Waals surface area contributed by atoms with Crippen molar-refractivity contribution >= 4 is 17.8 Å². The maximum Gasteiger partial charge on any atom is 0.254 e. The van der Waals surface area contributed by atoms with Crippen molar-refractivity contribution in [2.75, 3.05) is 18.5 Å². The fourth-order valence-electron chi connectivity index (χ4n) is 3.08. The van der Waals surface area contributed by atoms with E-state index in [2.05, 4.69) is 20.6 Å². The minimum Gasteiger partial charge on any atom is -0.491 e. The third-order valence-electron chi connectivity index (χ3n) is 4.66. The molecule has 2 aromatic rings. The maximum absolute atomic E-state index is 12.2. The molecule has 0 saturated heterocycles. The van der Waals surface area contributed by atoms with Crippen molar-refractivity contribution in [1.29, 1.82) is 0 Å². The first-order valence-corrected chi connectivity index (χ1v) is 9.69. The summed E-state index contributed by atoms with van der Waals surface area (Å²) in [6.07, 6.45) is 6.58. The summed E-state index contributed by atoms with van der Waals surface area (Å²) in [5.41, 5.74) is 3.08. The average molecular weight is 399 g/mol. The van der Waals surface area contributed by atoms with Gasteiger partial charge in [-0.3, -0.25) is 14.8 Å². The van der Waals surface area contributed by atoms with Crippen LogP contribution in [0, 0.1) is 0 Å². The molecule has 0 fully saturated rings. The molecule has 1 unspecified atom stereocenters. The van der Waals surface area contributed by atoms with Crippen molar-refractivity contribution < 1.29 is 19.5 Å². The van der Waals surface area contributed by atoms with Crippen LogP contribution in [0.4, 0.5) is 5.95 Å². The summed E-state index contributed by atoms with van der Waals surface area (Å²) < 4.78 is 5.63. The monoisotopic (exact) mass is 399 g/mol. The molecular weight excluding hydrogens is 374 g/mol. The second-order valence-corrected chi connectivity index (χ2v) is 6.80. The third kappa shape index (κ3) is 5.89. The lowest BCUT2D eigenvalue weighted by Gasteiger charge is -2.11. The lowest BCUT2D eigenvalue weighted by molar-refractivity contribution is -0.129. The second kappa shape index (κ2) is 10.4. The fourth-order valence-corrected chi connectivity index (χ4v) is 3.08. The molecule has 1 aliphatic heterocycles. The lowest BCUT2D eigenvalue weighted by atomic mass is 10.1. The zero-order valence-electron chi connectivity index (χ0n) is 16.1. The molecule has 4 N–H and O–H groups in total. The number of para-hydroxylation sites is 1. The van der Waals surface area contributed by atoms with Crippen LogP contribution in [-0.2, 0) is 4.79 Å². The zero-order chi connectivity index (χ0) is 20.5. The number of ether oxygens (including phenoxy) is 1. The highest BCUT2D eigenvalue weighted by atomic mass is 16.5. The van der Waals surface area contributed by atoms with E-state index in [1.807, 2.05) is 24.3 Å². The van der Waals surface area contributed by atoms with E-state index in [0.29, 0.717) is 37.5 Å². The number of aromatic nitrogens is 2. The molecule has 0 saturated carbocycles. The minimum atomic E-state index is -0.374. The third-order valence-corrected chi connectivity index (χ3v) is 4.66. The summed E-state index contributed by atoms with van der Waals surface area (Å²) in [6.45, 7) is 1.05. The van der Waals surface area contributed by atoms with E-state index in [1.165, 1.54) is 12.4 Å². The highest BCUT2D eigenvalue weighted by Crippen LogP contribution is 2.33. The summed E-state index contributed by atoms with van der Waals surface area (Å²) in [4.78, 5) is 31.5. The van der Waals surface area contributed by atoms with Gasteiger partial charge in [-0.05, 0) is 18.9 Å². The predicted octanol–water partition coefficient (Wildman–Crippen LogP) is 2.21. The fraction of sp³-hybridized carbons (Fsp3) is 0.400. The Hall–Kier alpha value is -3.20. The first kappa shape index (κ1) is 20.5. The lowest BCUT2D eigenvalue weighted by Crippen LogP contribution is -2.25. The van der Waals surface area contributed by atoms with Gasteiger partial charge < -0.3 is 15.4 Å². The molecule has 1 aromatic heterocycles. The molecule has 0 aliphatic carbocycles. The molecule has 2 amide bonds. The van der Waals surface area contributed by atoms with Crippen LogP contribution in [0.15, 0.2) is 36.7 Å². The van der Waals surface area contributed by atoms with Crippen molar-refractivity contribution in [2.45, 2.75) is 38.1 Å². The molecule has 29 heavy (non-hydrogen) atoms. The molecule has 1 atom stereocenters. The molecule has 2 heterocycles. The van der Waals surface area contributed by atoms with Crippen LogP contribution >= 0.6 is 0 Å². The standard InChI is InChI=1S/C20H25N5O4/c26-18(25-28)9-3-1-2-6-10-21-19(27)14-11-22-20(23-12-14)24-16-13-29-17-8-5-4-7-15(16)17/h4-5,7-8,11-12,16,28H,1-3,6,9-10,13H2,(H,21,27)(H,25,26)(H,22,23,24). The molecule has 0 spiro atoms. The van der Waals surface area contributed by atoms with E-state index in [0.717, 1.165) is 30.6 Å². The van der Waals surface area contributed by atoms with Crippen molar-refractivity contribution in [2.24, 2.45) is 0 Å². The van der Waals surface area contributed by atoms with E-state index < -0.39 is 0 Å². The zero-order valence-corrected chi connectivity index (χ0v) is 16.1. The molecule has 154 valence electrons. The molecule has 3 rings (SSSR count). The van der Waals surface area contributed by atoms with E-state index in [1.54, 1.807) is 5.48 Å². The predicted molar refractivity (Wildman–Crippen MR) is 106 cm³/mol. The van der Waals surface area contributed by atoms with Gasteiger partial charge in [0.05, 0.1) is 11.6 Å². The van der Waals surface area contributed by atoms with Gasteiger partial charge in [0, 0.05) is 30.9 Å². The van der Waals surface area contributed by atoms with Crippen LogP contribution < -0.4 is 20.9 Å². The number of carbonyl (C=O) groups is 2. The van der Waals surface area contributed by atoms with Crippen molar-refractivity contribution in [3.05, 3.63) is 47.8 Å². The van der Waals surface area contributed by atoms with Gasteiger partial charge in [-0.1, -0.05) is 31.0 Å². The molecule has 9 nitrogen and oxygen atoms in total. The summed E-state index contributed by atoms with van der Waals surface area (Å²) in [5, 5.41) is 14.5. The maximum atomic E-state index is 12.2. The normalized spacial score (nSPS) is 14.6. The molecule has 1 aromatic carbocycles. The van der Waals surface area contributed by atoms with Crippen LogP contribution in [-0.4, -0.2) is 40.1 Å². The van der Waals surface area contributed by atoms with E-state index in [9.17, 15) is 9.59 Å². The Morgan fingerprint density at radius 1 is 1.10 bits per heavy atom. The SMILES string of the molecule is O=C(CCCCCCNC(=O)c1cnc(NC2COc3ccccc32)nc1)NO. The summed E-state index contributed by atoms with van der Waals surface area (Å²) >= 11 is 0. The Labute approximate surface area is 168 Å². The summed E-state index contributed by atoms with van der Waals surface area (Å²) in [6, 6.07) is 7.80. The Bertz CT molecular complexity index is 828. The number of fused-ring (bicyclic) bond motifs is 1. The molecule has 1 aliphatic rings. The van der Waals surface area contributed by atoms with Crippen molar-refractivity contribution in [3.63, 3.8) is 0 Å². The molecule has 0 radical (unpaired) electrons. The number of rotatable bonds is 10. The van der Waals surface area contributed by atoms with Gasteiger partial charge in [0.15, 0.2) is 0 Å². The topological polar surface area (TPSA) is 125 Å². The summed E-state index contributed by atoms with van der Waals surface area (Å²) in [5.74, 6) is 0.711. The van der Waals surface area contributed by atoms with Crippen LogP contribution in [0.3, 0.4) is 0 Å². The smallest absolute Gasteiger partial charge is 0.254 e. The number of unbranched alkanes of at least 4 members (excludes halogenated alkanes) is 3. The van der Waals surface area contributed by atoms with Gasteiger partial charge >= 0.3 is 0 Å². The van der Waals surface area contributed by atoms with E-state index in [-0.39, 0.29) is 17.9 Å². The van der Waals surface area contributed by atoms with Crippen LogP contribution in [0.5, 0.6) is 5.75 Å².